The third-order valence-corrected chi connectivity index (χ3v) is 4.27. The number of benzene rings is 2. The maximum Gasteiger partial charge on any atom is 0.252 e. The average Bonchev–Trinajstić information content (AvgIpc) is 2.74. The van der Waals surface area contributed by atoms with Crippen LogP contribution in [0.15, 0.2) is 66.9 Å². The Hall–Kier alpha value is -3.41. The lowest BCUT2D eigenvalue weighted by Gasteiger charge is -2.08. The zero-order valence-electron chi connectivity index (χ0n) is 15.6. The molecule has 144 valence electrons. The van der Waals surface area contributed by atoms with Crippen LogP contribution >= 0.6 is 0 Å². The first-order valence-corrected chi connectivity index (χ1v) is 8.99. The van der Waals surface area contributed by atoms with Gasteiger partial charge in [0.1, 0.15) is 17.4 Å². The summed E-state index contributed by atoms with van der Waals surface area (Å²) in [4.78, 5) is 16.5. The summed E-state index contributed by atoms with van der Waals surface area (Å²) in [6.07, 6.45) is 2.27. The van der Waals surface area contributed by atoms with Crippen molar-refractivity contribution >= 4 is 11.7 Å². The van der Waals surface area contributed by atoms with E-state index in [4.69, 9.17) is 4.74 Å². The van der Waals surface area contributed by atoms with E-state index in [0.29, 0.717) is 24.5 Å². The highest BCUT2D eigenvalue weighted by atomic mass is 19.1. The van der Waals surface area contributed by atoms with E-state index < -0.39 is 0 Å². The van der Waals surface area contributed by atoms with Gasteiger partial charge in [-0.3, -0.25) is 4.79 Å². The molecule has 2 N–H and O–H groups in total. The SMILES string of the molecule is COc1ccc(CCNC(=O)c2ccc(NCc3ccc(F)cc3)nc2)cc1. The third-order valence-electron chi connectivity index (χ3n) is 4.27. The van der Waals surface area contributed by atoms with Gasteiger partial charge < -0.3 is 15.4 Å². The highest BCUT2D eigenvalue weighted by Gasteiger charge is 2.06. The van der Waals surface area contributed by atoms with Crippen molar-refractivity contribution in [2.75, 3.05) is 19.0 Å². The van der Waals surface area contributed by atoms with Crippen molar-refractivity contribution in [2.45, 2.75) is 13.0 Å². The first kappa shape index (κ1) is 19.4. The van der Waals surface area contributed by atoms with Gasteiger partial charge in [-0.2, -0.15) is 0 Å². The largest absolute Gasteiger partial charge is 0.497 e. The number of nitrogens with zero attached hydrogens (tertiary/aromatic N) is 1. The summed E-state index contributed by atoms with van der Waals surface area (Å²) in [7, 11) is 1.63. The lowest BCUT2D eigenvalue weighted by atomic mass is 10.1. The van der Waals surface area contributed by atoms with E-state index in [-0.39, 0.29) is 11.7 Å². The van der Waals surface area contributed by atoms with Gasteiger partial charge in [-0.25, -0.2) is 9.37 Å². The van der Waals surface area contributed by atoms with E-state index in [9.17, 15) is 9.18 Å². The minimum Gasteiger partial charge on any atom is -0.497 e. The van der Waals surface area contributed by atoms with Crippen LogP contribution in [0.3, 0.4) is 0 Å². The van der Waals surface area contributed by atoms with Crippen LogP contribution in [0.25, 0.3) is 0 Å². The number of rotatable bonds is 8. The summed E-state index contributed by atoms with van der Waals surface area (Å²) < 4.78 is 18.0. The fourth-order valence-electron chi connectivity index (χ4n) is 2.64. The van der Waals surface area contributed by atoms with E-state index in [0.717, 1.165) is 23.3 Å². The summed E-state index contributed by atoms with van der Waals surface area (Å²) in [6, 6.07) is 17.5. The molecule has 1 heterocycles. The topological polar surface area (TPSA) is 63.2 Å². The van der Waals surface area contributed by atoms with Crippen LogP contribution in [-0.2, 0) is 13.0 Å². The number of carbonyl (C=O) groups is 1. The second-order valence-corrected chi connectivity index (χ2v) is 6.27. The fourth-order valence-corrected chi connectivity index (χ4v) is 2.64. The molecule has 0 spiro atoms. The Bertz CT molecular complexity index is 895. The average molecular weight is 379 g/mol. The molecule has 0 saturated carbocycles. The predicted octanol–water partition coefficient (Wildman–Crippen LogP) is 3.81. The summed E-state index contributed by atoms with van der Waals surface area (Å²) in [5.41, 5.74) is 2.57. The van der Waals surface area contributed by atoms with Crippen molar-refractivity contribution in [1.82, 2.24) is 10.3 Å². The van der Waals surface area contributed by atoms with Gasteiger partial charge in [-0.05, 0) is 53.9 Å². The molecule has 3 aromatic rings. The highest BCUT2D eigenvalue weighted by Crippen LogP contribution is 2.12. The molecule has 0 aliphatic heterocycles. The first-order chi connectivity index (χ1) is 13.6. The molecule has 5 nitrogen and oxygen atoms in total. The van der Waals surface area contributed by atoms with Gasteiger partial charge in [0.15, 0.2) is 0 Å². The van der Waals surface area contributed by atoms with E-state index in [1.165, 1.54) is 18.3 Å². The second kappa shape index (κ2) is 9.50. The molecule has 0 atom stereocenters. The molecule has 0 aliphatic carbocycles. The van der Waals surface area contributed by atoms with Crippen LogP contribution < -0.4 is 15.4 Å². The molecule has 0 bridgehead atoms. The Labute approximate surface area is 163 Å². The third kappa shape index (κ3) is 5.54. The van der Waals surface area contributed by atoms with Crippen LogP contribution in [0.1, 0.15) is 21.5 Å². The summed E-state index contributed by atoms with van der Waals surface area (Å²) >= 11 is 0. The summed E-state index contributed by atoms with van der Waals surface area (Å²) in [6.45, 7) is 1.07. The fraction of sp³-hybridized carbons (Fsp3) is 0.182. The monoisotopic (exact) mass is 379 g/mol. The van der Waals surface area contributed by atoms with Crippen LogP contribution in [0, 0.1) is 5.82 Å². The molecular weight excluding hydrogens is 357 g/mol. The number of anilines is 1. The Morgan fingerprint density at radius 1 is 1.00 bits per heavy atom. The van der Waals surface area contributed by atoms with E-state index >= 15 is 0 Å². The number of hydrogen-bond acceptors (Lipinski definition) is 4. The number of aromatic nitrogens is 1. The van der Waals surface area contributed by atoms with Crippen molar-refractivity contribution in [3.63, 3.8) is 0 Å². The number of amides is 1. The molecule has 3 rings (SSSR count). The van der Waals surface area contributed by atoms with Gasteiger partial charge >= 0.3 is 0 Å². The van der Waals surface area contributed by atoms with Crippen LogP contribution in [0.4, 0.5) is 10.2 Å². The smallest absolute Gasteiger partial charge is 0.252 e. The number of hydrogen-bond donors (Lipinski definition) is 2. The van der Waals surface area contributed by atoms with Crippen molar-refractivity contribution in [2.24, 2.45) is 0 Å². The molecule has 28 heavy (non-hydrogen) atoms. The van der Waals surface area contributed by atoms with E-state index in [1.807, 2.05) is 24.3 Å². The maximum absolute atomic E-state index is 12.9. The molecule has 1 aromatic heterocycles. The molecule has 6 heteroatoms. The summed E-state index contributed by atoms with van der Waals surface area (Å²) in [5.74, 6) is 1.04. The lowest BCUT2D eigenvalue weighted by molar-refractivity contribution is 0.0954. The van der Waals surface area contributed by atoms with Crippen molar-refractivity contribution < 1.29 is 13.9 Å². The molecule has 0 aliphatic rings. The van der Waals surface area contributed by atoms with Gasteiger partial charge in [0.25, 0.3) is 5.91 Å². The van der Waals surface area contributed by atoms with Crippen molar-refractivity contribution in [3.05, 3.63) is 89.4 Å². The minimum atomic E-state index is -0.260. The molecular formula is C22H22FN3O2. The number of ether oxygens (including phenoxy) is 1. The number of carbonyl (C=O) groups excluding carboxylic acids is 1. The molecule has 0 fully saturated rings. The molecule has 0 saturated heterocycles. The maximum atomic E-state index is 12.9. The molecule has 2 aromatic carbocycles. The number of pyridine rings is 1. The van der Waals surface area contributed by atoms with Crippen molar-refractivity contribution in [1.29, 1.82) is 0 Å². The van der Waals surface area contributed by atoms with Crippen LogP contribution in [0.5, 0.6) is 5.75 Å². The zero-order valence-corrected chi connectivity index (χ0v) is 15.6. The Morgan fingerprint density at radius 2 is 1.71 bits per heavy atom. The van der Waals surface area contributed by atoms with Crippen molar-refractivity contribution in [3.8, 4) is 5.75 Å². The van der Waals surface area contributed by atoms with Gasteiger partial charge in [0.05, 0.1) is 12.7 Å². The predicted molar refractivity (Wildman–Crippen MR) is 107 cm³/mol. The number of methoxy groups -OCH3 is 1. The summed E-state index contributed by atoms with van der Waals surface area (Å²) in [5, 5.41) is 6.04. The van der Waals surface area contributed by atoms with E-state index in [2.05, 4.69) is 15.6 Å². The molecule has 0 radical (unpaired) electrons. The second-order valence-electron chi connectivity index (χ2n) is 6.27. The van der Waals surface area contributed by atoms with Gasteiger partial charge in [-0.1, -0.05) is 24.3 Å². The number of nitrogens with one attached hydrogen (secondary N) is 2. The van der Waals surface area contributed by atoms with Crippen LogP contribution in [0.2, 0.25) is 0 Å². The normalized spacial score (nSPS) is 10.4. The highest BCUT2D eigenvalue weighted by molar-refractivity contribution is 5.94. The standard InChI is InChI=1S/C22H22FN3O2/c1-28-20-9-4-16(5-10-20)12-13-24-22(27)18-6-11-21(26-15-18)25-14-17-2-7-19(23)8-3-17/h2-11,15H,12-14H2,1H3,(H,24,27)(H,25,26). The number of halogens is 1. The van der Waals surface area contributed by atoms with Gasteiger partial charge in [0, 0.05) is 19.3 Å². The first-order valence-electron chi connectivity index (χ1n) is 8.99. The Balaban J connectivity index is 1.45. The lowest BCUT2D eigenvalue weighted by Crippen LogP contribution is -2.25. The van der Waals surface area contributed by atoms with E-state index in [1.54, 1.807) is 31.4 Å². The Kier molecular flexibility index (Phi) is 6.57. The molecule has 1 amide bonds. The van der Waals surface area contributed by atoms with Gasteiger partial charge in [-0.15, -0.1) is 0 Å². The Morgan fingerprint density at radius 3 is 2.36 bits per heavy atom. The van der Waals surface area contributed by atoms with Crippen LogP contribution in [-0.4, -0.2) is 24.5 Å². The van der Waals surface area contributed by atoms with Gasteiger partial charge in [0.2, 0.25) is 0 Å². The molecule has 0 unspecified atom stereocenters. The minimum absolute atomic E-state index is 0.161. The zero-order chi connectivity index (χ0) is 19.8. The quantitative estimate of drug-likeness (QED) is 0.625.